The number of ether oxygens (including phenoxy) is 3. The fraction of sp³-hybridized carbons (Fsp3) is 0.531. The second-order valence-corrected chi connectivity index (χ2v) is 9.77. The fourth-order valence-corrected chi connectivity index (χ4v) is 4.42. The molecule has 0 aliphatic rings. The molecule has 0 aliphatic heterocycles. The van der Waals surface area contributed by atoms with Gasteiger partial charge in [0.2, 0.25) is 0 Å². The van der Waals surface area contributed by atoms with Crippen LogP contribution in [0.2, 0.25) is 0 Å². The summed E-state index contributed by atoms with van der Waals surface area (Å²) in [6.45, 7) is 6.25. The third-order valence-corrected chi connectivity index (χ3v) is 6.61. The number of rotatable bonds is 20. The smallest absolute Gasteiger partial charge is 0.167 e. The average molecular weight is 520 g/mol. The molecule has 0 aliphatic carbocycles. The van der Waals surface area contributed by atoms with Crippen LogP contribution in [0.25, 0.3) is 11.3 Å². The molecule has 0 unspecified atom stereocenters. The minimum atomic E-state index is 0.371. The molecule has 1 heterocycles. The van der Waals surface area contributed by atoms with Crippen LogP contribution >= 0.6 is 0 Å². The molecule has 0 saturated carbocycles. The summed E-state index contributed by atoms with van der Waals surface area (Å²) < 4.78 is 18.9. The van der Waals surface area contributed by atoms with Gasteiger partial charge < -0.3 is 14.2 Å². The van der Waals surface area contributed by atoms with E-state index in [1.807, 2.05) is 42.5 Å². The lowest BCUT2D eigenvalue weighted by molar-refractivity contribution is 0.246. The Morgan fingerprint density at radius 3 is 1.97 bits per heavy atom. The van der Waals surface area contributed by atoms with Gasteiger partial charge in [0.05, 0.1) is 19.4 Å². The van der Waals surface area contributed by atoms with Gasteiger partial charge >= 0.3 is 0 Å². The second-order valence-electron chi connectivity index (χ2n) is 9.77. The van der Waals surface area contributed by atoms with E-state index in [1.54, 1.807) is 6.20 Å². The van der Waals surface area contributed by atoms with Gasteiger partial charge in [-0.1, -0.05) is 102 Å². The molecular weight excluding hydrogens is 474 g/mol. The molecule has 2 aromatic carbocycles. The van der Waals surface area contributed by atoms with Crippen molar-refractivity contribution < 1.29 is 14.2 Å². The first-order valence-corrected chi connectivity index (χ1v) is 14.6. The Kier molecular flexibility index (Phi) is 14.1. The van der Waals surface area contributed by atoms with Gasteiger partial charge in [-0.3, -0.25) is 0 Å². The van der Waals surface area contributed by atoms with Crippen LogP contribution in [-0.4, -0.2) is 28.6 Å². The third kappa shape index (κ3) is 10.3. The van der Waals surface area contributed by atoms with E-state index in [0.29, 0.717) is 19.8 Å². The van der Waals surface area contributed by atoms with Gasteiger partial charge in [0.25, 0.3) is 0 Å². The summed E-state index contributed by atoms with van der Waals surface area (Å²) in [6.07, 6.45) is 16.4. The second kappa shape index (κ2) is 18.2. The molecule has 0 amide bonds. The lowest BCUT2D eigenvalue weighted by Crippen LogP contribution is -2.07. The van der Waals surface area contributed by atoms with Gasteiger partial charge in [-0.05, 0) is 42.3 Å². The standard InChI is InChI=1S/C32H45N3O3/c1-3-5-7-9-11-15-24-36-31-21-17-18-27(32(31)37-25-16-12-10-8-6-4-2)26-38-30-20-14-13-19-28(30)29-22-23-33-35-34-29/h13-14,17-23H,3-12,15-16,24-26H2,1-2H3. The number of unbranched alkanes of at least 4 members (excludes halogenated alkanes) is 10. The van der Waals surface area contributed by atoms with Crippen LogP contribution in [-0.2, 0) is 6.61 Å². The van der Waals surface area contributed by atoms with Crippen molar-refractivity contribution in [3.05, 3.63) is 60.3 Å². The number of hydrogen-bond acceptors (Lipinski definition) is 6. The topological polar surface area (TPSA) is 66.4 Å². The molecule has 3 aromatic rings. The zero-order valence-electron chi connectivity index (χ0n) is 23.4. The minimum absolute atomic E-state index is 0.371. The van der Waals surface area contributed by atoms with Crippen LogP contribution in [0.1, 0.15) is 96.5 Å². The maximum Gasteiger partial charge on any atom is 0.167 e. The van der Waals surface area contributed by atoms with Crippen LogP contribution < -0.4 is 14.2 Å². The lowest BCUT2D eigenvalue weighted by atomic mass is 10.1. The Hall–Kier alpha value is -3.15. The average Bonchev–Trinajstić information content (AvgIpc) is 2.96. The highest BCUT2D eigenvalue weighted by molar-refractivity contribution is 5.66. The van der Waals surface area contributed by atoms with Crippen molar-refractivity contribution >= 4 is 0 Å². The molecule has 6 nitrogen and oxygen atoms in total. The van der Waals surface area contributed by atoms with Gasteiger partial charge in [0.15, 0.2) is 11.5 Å². The van der Waals surface area contributed by atoms with E-state index in [-0.39, 0.29) is 0 Å². The van der Waals surface area contributed by atoms with Crippen molar-refractivity contribution in [3.63, 3.8) is 0 Å². The summed E-state index contributed by atoms with van der Waals surface area (Å²) >= 11 is 0. The molecule has 0 radical (unpaired) electrons. The zero-order chi connectivity index (χ0) is 26.7. The highest BCUT2D eigenvalue weighted by Gasteiger charge is 2.14. The number of para-hydroxylation sites is 2. The Balaban J connectivity index is 1.65. The zero-order valence-corrected chi connectivity index (χ0v) is 23.4. The highest BCUT2D eigenvalue weighted by Crippen LogP contribution is 2.34. The first-order chi connectivity index (χ1) is 18.8. The van der Waals surface area contributed by atoms with Gasteiger partial charge in [-0.2, -0.15) is 0 Å². The van der Waals surface area contributed by atoms with Crippen molar-refractivity contribution in [1.29, 1.82) is 0 Å². The predicted molar refractivity (Wildman–Crippen MR) is 154 cm³/mol. The Bertz CT molecular complexity index is 1030. The molecule has 1 aromatic heterocycles. The molecule has 0 fully saturated rings. The minimum Gasteiger partial charge on any atom is -0.490 e. The Morgan fingerprint density at radius 2 is 1.26 bits per heavy atom. The molecule has 206 valence electrons. The van der Waals surface area contributed by atoms with Crippen molar-refractivity contribution in [1.82, 2.24) is 15.4 Å². The van der Waals surface area contributed by atoms with Crippen LogP contribution in [0.5, 0.6) is 17.2 Å². The van der Waals surface area contributed by atoms with Crippen LogP contribution in [0.15, 0.2) is 54.7 Å². The van der Waals surface area contributed by atoms with Crippen molar-refractivity contribution in [3.8, 4) is 28.5 Å². The summed E-state index contributed by atoms with van der Waals surface area (Å²) in [5.74, 6) is 2.35. The van der Waals surface area contributed by atoms with E-state index in [4.69, 9.17) is 14.2 Å². The highest BCUT2D eigenvalue weighted by atomic mass is 16.5. The lowest BCUT2D eigenvalue weighted by Gasteiger charge is -2.18. The van der Waals surface area contributed by atoms with Gasteiger partial charge in [-0.25, -0.2) is 0 Å². The van der Waals surface area contributed by atoms with E-state index < -0.39 is 0 Å². The van der Waals surface area contributed by atoms with Crippen molar-refractivity contribution in [2.45, 2.75) is 97.5 Å². The van der Waals surface area contributed by atoms with E-state index in [9.17, 15) is 0 Å². The molecular formula is C32H45N3O3. The SMILES string of the molecule is CCCCCCCCOc1cccc(COc2ccccc2-c2ccnnn2)c1OCCCCCCCC. The molecule has 0 bridgehead atoms. The van der Waals surface area contributed by atoms with Gasteiger partial charge in [-0.15, -0.1) is 10.2 Å². The summed E-state index contributed by atoms with van der Waals surface area (Å²) in [5, 5.41) is 11.7. The fourth-order valence-electron chi connectivity index (χ4n) is 4.42. The first-order valence-electron chi connectivity index (χ1n) is 14.6. The molecule has 6 heteroatoms. The van der Waals surface area contributed by atoms with E-state index in [2.05, 4.69) is 35.3 Å². The molecule has 0 N–H and O–H groups in total. The molecule has 0 spiro atoms. The van der Waals surface area contributed by atoms with Crippen molar-refractivity contribution in [2.24, 2.45) is 0 Å². The Morgan fingerprint density at radius 1 is 0.605 bits per heavy atom. The molecule has 3 rings (SSSR count). The number of benzene rings is 2. The summed E-state index contributed by atoms with van der Waals surface area (Å²) in [6, 6.07) is 15.8. The van der Waals surface area contributed by atoms with Crippen LogP contribution in [0, 0.1) is 0 Å². The van der Waals surface area contributed by atoms with E-state index in [1.165, 1.54) is 64.2 Å². The van der Waals surface area contributed by atoms with Crippen molar-refractivity contribution in [2.75, 3.05) is 13.2 Å². The largest absolute Gasteiger partial charge is 0.490 e. The summed E-state index contributed by atoms with van der Waals surface area (Å²) in [4.78, 5) is 0. The number of nitrogens with zero attached hydrogens (tertiary/aromatic N) is 3. The predicted octanol–water partition coefficient (Wildman–Crippen LogP) is 8.60. The molecule has 0 saturated heterocycles. The van der Waals surface area contributed by atoms with Gasteiger partial charge in [0, 0.05) is 11.1 Å². The Labute approximate surface area is 229 Å². The maximum absolute atomic E-state index is 6.35. The molecule has 38 heavy (non-hydrogen) atoms. The van der Waals surface area contributed by atoms with Crippen LogP contribution in [0.3, 0.4) is 0 Å². The van der Waals surface area contributed by atoms with Gasteiger partial charge in [0.1, 0.15) is 18.1 Å². The first kappa shape index (κ1) is 29.4. The number of hydrogen-bond donors (Lipinski definition) is 0. The van der Waals surface area contributed by atoms with Crippen LogP contribution in [0.4, 0.5) is 0 Å². The normalized spacial score (nSPS) is 10.9. The maximum atomic E-state index is 6.35. The van der Waals surface area contributed by atoms with E-state index in [0.717, 1.165) is 46.9 Å². The monoisotopic (exact) mass is 519 g/mol. The number of aromatic nitrogens is 3. The summed E-state index contributed by atoms with van der Waals surface area (Å²) in [7, 11) is 0. The third-order valence-electron chi connectivity index (χ3n) is 6.61. The molecule has 0 atom stereocenters. The quantitative estimate of drug-likeness (QED) is 0.139. The van der Waals surface area contributed by atoms with E-state index >= 15 is 0 Å². The summed E-state index contributed by atoms with van der Waals surface area (Å²) in [5.41, 5.74) is 2.59.